The lowest BCUT2D eigenvalue weighted by Gasteiger charge is -2.10. The Hall–Kier alpha value is -3.61. The molecule has 0 amide bonds. The van der Waals surface area contributed by atoms with Crippen LogP contribution in [0.15, 0.2) is 68.6 Å². The van der Waals surface area contributed by atoms with Crippen LogP contribution in [0.1, 0.15) is 17.0 Å². The average molecular weight is 392 g/mol. The maximum absolute atomic E-state index is 13.5. The van der Waals surface area contributed by atoms with Crippen LogP contribution >= 0.6 is 0 Å². The van der Waals surface area contributed by atoms with Crippen LogP contribution in [0.5, 0.6) is 0 Å². The number of aromatic nitrogens is 1. The third kappa shape index (κ3) is 4.13. The SMILES string of the molecule is CN=C(NCc1coc(-c2ccccc2)n1)NCc1oc2ccc(F)cc2c1C. The number of furan rings is 1. The van der Waals surface area contributed by atoms with Gasteiger partial charge in [0.2, 0.25) is 5.89 Å². The van der Waals surface area contributed by atoms with E-state index in [9.17, 15) is 4.39 Å². The zero-order valence-corrected chi connectivity index (χ0v) is 16.2. The first kappa shape index (κ1) is 18.7. The molecule has 0 aliphatic carbocycles. The lowest BCUT2D eigenvalue weighted by Crippen LogP contribution is -2.36. The Morgan fingerprint density at radius 2 is 1.90 bits per heavy atom. The van der Waals surface area contributed by atoms with E-state index in [4.69, 9.17) is 8.83 Å². The van der Waals surface area contributed by atoms with Crippen LogP contribution in [-0.2, 0) is 13.1 Å². The molecule has 29 heavy (non-hydrogen) atoms. The van der Waals surface area contributed by atoms with Gasteiger partial charge in [-0.15, -0.1) is 0 Å². The highest BCUT2D eigenvalue weighted by molar-refractivity contribution is 5.83. The summed E-state index contributed by atoms with van der Waals surface area (Å²) in [7, 11) is 1.69. The summed E-state index contributed by atoms with van der Waals surface area (Å²) in [5.41, 5.74) is 3.27. The van der Waals surface area contributed by atoms with Crippen molar-refractivity contribution in [1.29, 1.82) is 0 Å². The smallest absolute Gasteiger partial charge is 0.226 e. The molecule has 2 aromatic heterocycles. The highest BCUT2D eigenvalue weighted by Crippen LogP contribution is 2.25. The minimum Gasteiger partial charge on any atom is -0.459 e. The molecule has 0 saturated carbocycles. The molecule has 0 radical (unpaired) electrons. The van der Waals surface area contributed by atoms with Crippen molar-refractivity contribution >= 4 is 16.9 Å². The van der Waals surface area contributed by atoms with E-state index < -0.39 is 0 Å². The standard InChI is InChI=1S/C22H21FN4O2/c1-14-18-10-16(23)8-9-19(18)29-20(14)12-26-22(24-2)25-11-17-13-28-21(27-17)15-6-4-3-5-7-15/h3-10,13H,11-12H2,1-2H3,(H2,24,25,26). The van der Waals surface area contributed by atoms with Gasteiger partial charge in [-0.25, -0.2) is 9.37 Å². The monoisotopic (exact) mass is 392 g/mol. The second-order valence-electron chi connectivity index (χ2n) is 6.58. The Morgan fingerprint density at radius 1 is 1.10 bits per heavy atom. The molecule has 0 aliphatic heterocycles. The molecule has 0 unspecified atom stereocenters. The predicted octanol–water partition coefficient (Wildman–Crippen LogP) is 4.40. The zero-order chi connectivity index (χ0) is 20.2. The summed E-state index contributed by atoms with van der Waals surface area (Å²) < 4.78 is 24.8. The molecule has 7 heteroatoms. The molecule has 4 rings (SSSR count). The van der Waals surface area contributed by atoms with Crippen molar-refractivity contribution in [3.8, 4) is 11.5 Å². The van der Waals surface area contributed by atoms with Gasteiger partial charge >= 0.3 is 0 Å². The third-order valence-corrected chi connectivity index (χ3v) is 4.65. The molecule has 2 N–H and O–H groups in total. The second-order valence-corrected chi connectivity index (χ2v) is 6.58. The molecule has 0 spiro atoms. The van der Waals surface area contributed by atoms with Gasteiger partial charge in [0.05, 0.1) is 18.8 Å². The van der Waals surface area contributed by atoms with E-state index >= 15 is 0 Å². The van der Waals surface area contributed by atoms with Crippen LogP contribution in [0.2, 0.25) is 0 Å². The van der Waals surface area contributed by atoms with E-state index in [2.05, 4.69) is 20.6 Å². The van der Waals surface area contributed by atoms with Crippen LogP contribution in [0.4, 0.5) is 4.39 Å². The normalized spacial score (nSPS) is 11.8. The van der Waals surface area contributed by atoms with Gasteiger partial charge in [-0.05, 0) is 37.3 Å². The van der Waals surface area contributed by atoms with Gasteiger partial charge in [0.15, 0.2) is 5.96 Å². The van der Waals surface area contributed by atoms with E-state index in [1.807, 2.05) is 37.3 Å². The van der Waals surface area contributed by atoms with E-state index in [0.29, 0.717) is 30.5 Å². The molecular weight excluding hydrogens is 371 g/mol. The van der Waals surface area contributed by atoms with Crippen molar-refractivity contribution in [3.63, 3.8) is 0 Å². The summed E-state index contributed by atoms with van der Waals surface area (Å²) >= 11 is 0. The summed E-state index contributed by atoms with van der Waals surface area (Å²) in [6.07, 6.45) is 1.63. The number of aliphatic imine (C=N–C) groups is 1. The lowest BCUT2D eigenvalue weighted by atomic mass is 10.1. The fourth-order valence-electron chi connectivity index (χ4n) is 3.07. The molecule has 2 heterocycles. The maximum atomic E-state index is 13.5. The van der Waals surface area contributed by atoms with Crippen LogP contribution < -0.4 is 10.6 Å². The fraction of sp³-hybridized carbons (Fsp3) is 0.182. The highest BCUT2D eigenvalue weighted by Gasteiger charge is 2.12. The number of hydrogen-bond donors (Lipinski definition) is 2. The number of nitrogens with zero attached hydrogens (tertiary/aromatic N) is 2. The number of hydrogen-bond acceptors (Lipinski definition) is 4. The quantitative estimate of drug-likeness (QED) is 0.389. The number of halogens is 1. The Labute approximate surface area is 167 Å². The first-order chi connectivity index (χ1) is 14.1. The van der Waals surface area contributed by atoms with Crippen molar-refractivity contribution in [1.82, 2.24) is 15.6 Å². The van der Waals surface area contributed by atoms with Gasteiger partial charge in [-0.1, -0.05) is 18.2 Å². The third-order valence-electron chi connectivity index (χ3n) is 4.65. The fourth-order valence-corrected chi connectivity index (χ4v) is 3.07. The average Bonchev–Trinajstić information content (AvgIpc) is 3.34. The number of fused-ring (bicyclic) bond motifs is 1. The Balaban J connectivity index is 1.37. The van der Waals surface area contributed by atoms with Crippen LogP contribution in [0, 0.1) is 12.7 Å². The number of aryl methyl sites for hydroxylation is 1. The highest BCUT2D eigenvalue weighted by atomic mass is 19.1. The zero-order valence-electron chi connectivity index (χ0n) is 16.2. The Bertz CT molecular complexity index is 1150. The molecule has 0 bridgehead atoms. The summed E-state index contributed by atoms with van der Waals surface area (Å²) in [6.45, 7) is 2.80. The van der Waals surface area contributed by atoms with Crippen LogP contribution in [-0.4, -0.2) is 18.0 Å². The minimum absolute atomic E-state index is 0.277. The molecular formula is C22H21FN4O2. The number of guanidine groups is 1. The van der Waals surface area contributed by atoms with Crippen molar-refractivity contribution < 1.29 is 13.2 Å². The van der Waals surface area contributed by atoms with Crippen LogP contribution in [0.25, 0.3) is 22.4 Å². The second kappa shape index (κ2) is 8.18. The van der Waals surface area contributed by atoms with Crippen molar-refractivity contribution in [2.24, 2.45) is 4.99 Å². The van der Waals surface area contributed by atoms with Gasteiger partial charge in [-0.3, -0.25) is 4.99 Å². The van der Waals surface area contributed by atoms with E-state index in [-0.39, 0.29) is 5.82 Å². The topological polar surface area (TPSA) is 75.6 Å². The van der Waals surface area contributed by atoms with Crippen molar-refractivity contribution in [3.05, 3.63) is 77.6 Å². The van der Waals surface area contributed by atoms with Crippen LogP contribution in [0.3, 0.4) is 0 Å². The number of oxazole rings is 1. The van der Waals surface area contributed by atoms with Gasteiger partial charge in [0.1, 0.15) is 23.4 Å². The number of benzene rings is 2. The van der Waals surface area contributed by atoms with E-state index in [1.165, 1.54) is 12.1 Å². The number of nitrogens with one attached hydrogen (secondary N) is 2. The summed E-state index contributed by atoms with van der Waals surface area (Å²) in [6, 6.07) is 14.3. The molecule has 148 valence electrons. The van der Waals surface area contributed by atoms with Gasteiger partial charge in [0, 0.05) is 23.6 Å². The van der Waals surface area contributed by atoms with Crippen molar-refractivity contribution in [2.75, 3.05) is 7.05 Å². The molecule has 0 atom stereocenters. The molecule has 0 saturated heterocycles. The first-order valence-electron chi connectivity index (χ1n) is 9.26. The summed E-state index contributed by atoms with van der Waals surface area (Å²) in [4.78, 5) is 8.71. The predicted molar refractivity (Wildman–Crippen MR) is 110 cm³/mol. The summed E-state index contributed by atoms with van der Waals surface area (Å²) in [5.74, 6) is 1.64. The van der Waals surface area contributed by atoms with Gasteiger partial charge in [-0.2, -0.15) is 0 Å². The molecule has 6 nitrogen and oxygen atoms in total. The largest absolute Gasteiger partial charge is 0.459 e. The van der Waals surface area contributed by atoms with E-state index in [1.54, 1.807) is 19.4 Å². The summed E-state index contributed by atoms with van der Waals surface area (Å²) in [5, 5.41) is 7.18. The minimum atomic E-state index is -0.277. The lowest BCUT2D eigenvalue weighted by molar-refractivity contribution is 0.533. The van der Waals surface area contributed by atoms with Gasteiger partial charge < -0.3 is 19.5 Å². The molecule has 4 aromatic rings. The Kier molecular flexibility index (Phi) is 5.29. The van der Waals surface area contributed by atoms with Crippen molar-refractivity contribution in [2.45, 2.75) is 20.0 Å². The molecule has 0 aliphatic rings. The van der Waals surface area contributed by atoms with Gasteiger partial charge in [0.25, 0.3) is 0 Å². The molecule has 2 aromatic carbocycles. The maximum Gasteiger partial charge on any atom is 0.226 e. The molecule has 0 fully saturated rings. The number of rotatable bonds is 5. The first-order valence-corrected chi connectivity index (χ1v) is 9.26. The van der Waals surface area contributed by atoms with E-state index in [0.717, 1.165) is 28.0 Å². The Morgan fingerprint density at radius 3 is 2.69 bits per heavy atom.